The Morgan fingerprint density at radius 2 is 1.79 bits per heavy atom. The van der Waals surface area contributed by atoms with Crippen molar-refractivity contribution in [2.45, 2.75) is 78.2 Å². The van der Waals surface area contributed by atoms with Gasteiger partial charge in [-0.05, 0) is 63.4 Å². The largest absolute Gasteiger partial charge is 0.459 e. The molecule has 1 aromatic rings. The lowest BCUT2D eigenvalue weighted by molar-refractivity contribution is -0.153. The van der Waals surface area contributed by atoms with Crippen molar-refractivity contribution in [2.75, 3.05) is 6.54 Å². The van der Waals surface area contributed by atoms with Gasteiger partial charge in [-0.25, -0.2) is 19.3 Å². The third-order valence-corrected chi connectivity index (χ3v) is 7.62. The average Bonchev–Trinajstić information content (AvgIpc) is 3.61. The Labute approximate surface area is 247 Å². The lowest BCUT2D eigenvalue weighted by Crippen LogP contribution is -2.56. The number of ether oxygens (including phenoxy) is 2. The van der Waals surface area contributed by atoms with Crippen LogP contribution in [-0.4, -0.2) is 63.9 Å². The molecule has 0 bridgehead atoms. The van der Waals surface area contributed by atoms with E-state index in [0.29, 0.717) is 12.3 Å². The van der Waals surface area contributed by atoms with Gasteiger partial charge in [0, 0.05) is 5.92 Å². The zero-order valence-corrected chi connectivity index (χ0v) is 24.9. The van der Waals surface area contributed by atoms with Crippen LogP contribution in [0.2, 0.25) is 0 Å². The van der Waals surface area contributed by atoms with Gasteiger partial charge in [0.05, 0.1) is 6.54 Å². The molecule has 1 saturated heterocycles. The van der Waals surface area contributed by atoms with Crippen LogP contribution >= 0.6 is 0 Å². The molecule has 1 aliphatic heterocycles. The number of imide groups is 2. The SMILES string of the molecule is CC(C)C(NC(=O)OC(C)(C)C)C(=O)N1C(=O)N(C(=O)C2CC2CC2C=CC=CC2)CC1C(=O)OCc1ccccc1. The van der Waals surface area contributed by atoms with Crippen LogP contribution < -0.4 is 5.32 Å². The summed E-state index contributed by atoms with van der Waals surface area (Å²) in [7, 11) is 0. The van der Waals surface area contributed by atoms with Crippen LogP contribution in [0, 0.1) is 23.7 Å². The predicted octanol–water partition coefficient (Wildman–Crippen LogP) is 4.60. The number of benzene rings is 1. The van der Waals surface area contributed by atoms with Gasteiger partial charge in [0.2, 0.25) is 5.91 Å². The Morgan fingerprint density at radius 1 is 1.07 bits per heavy atom. The summed E-state index contributed by atoms with van der Waals surface area (Å²) in [6, 6.07) is 5.62. The average molecular weight is 580 g/mol. The number of alkyl carbamates (subject to hydrolysis) is 1. The van der Waals surface area contributed by atoms with Gasteiger partial charge in [-0.2, -0.15) is 0 Å². The Balaban J connectivity index is 1.51. The lowest BCUT2D eigenvalue weighted by Gasteiger charge is -2.29. The number of amides is 5. The summed E-state index contributed by atoms with van der Waals surface area (Å²) in [5, 5.41) is 2.55. The summed E-state index contributed by atoms with van der Waals surface area (Å²) >= 11 is 0. The molecule has 10 heteroatoms. The lowest BCUT2D eigenvalue weighted by atomic mass is 9.94. The highest BCUT2D eigenvalue weighted by atomic mass is 16.6. The number of hydrogen-bond acceptors (Lipinski definition) is 7. The molecule has 1 aromatic carbocycles. The molecule has 0 aromatic heterocycles. The number of rotatable bonds is 9. The van der Waals surface area contributed by atoms with Gasteiger partial charge >= 0.3 is 18.1 Å². The molecular formula is C32H41N3O7. The smallest absolute Gasteiger partial charge is 0.408 e. The molecule has 1 heterocycles. The first-order valence-electron chi connectivity index (χ1n) is 14.6. The molecule has 3 aliphatic rings. The minimum Gasteiger partial charge on any atom is -0.459 e. The molecule has 226 valence electrons. The molecule has 2 fully saturated rings. The fourth-order valence-corrected chi connectivity index (χ4v) is 5.34. The van der Waals surface area contributed by atoms with Crippen molar-refractivity contribution in [2.24, 2.45) is 23.7 Å². The number of carbonyl (C=O) groups is 5. The minimum absolute atomic E-state index is 0.0574. The van der Waals surface area contributed by atoms with E-state index < -0.39 is 53.5 Å². The Hall–Kier alpha value is -3.95. The molecule has 1 saturated carbocycles. The summed E-state index contributed by atoms with van der Waals surface area (Å²) in [6.07, 6.45) is 9.80. The van der Waals surface area contributed by atoms with Gasteiger partial charge < -0.3 is 14.8 Å². The van der Waals surface area contributed by atoms with Crippen LogP contribution in [0.15, 0.2) is 54.6 Å². The summed E-state index contributed by atoms with van der Waals surface area (Å²) in [6.45, 7) is 8.12. The summed E-state index contributed by atoms with van der Waals surface area (Å²) < 4.78 is 10.8. The number of nitrogens with one attached hydrogen (secondary N) is 1. The van der Waals surface area contributed by atoms with Crippen LogP contribution in [0.1, 0.15) is 59.4 Å². The van der Waals surface area contributed by atoms with Crippen molar-refractivity contribution in [1.29, 1.82) is 0 Å². The molecule has 5 atom stereocenters. The fraction of sp³-hybridized carbons (Fsp3) is 0.531. The summed E-state index contributed by atoms with van der Waals surface area (Å²) in [5.41, 5.74) is -0.0737. The molecule has 5 amide bonds. The second-order valence-corrected chi connectivity index (χ2v) is 12.6. The van der Waals surface area contributed by atoms with E-state index in [4.69, 9.17) is 9.47 Å². The summed E-state index contributed by atoms with van der Waals surface area (Å²) in [4.78, 5) is 68.7. The zero-order valence-electron chi connectivity index (χ0n) is 24.9. The second-order valence-electron chi connectivity index (χ2n) is 12.6. The Morgan fingerprint density at radius 3 is 2.40 bits per heavy atom. The predicted molar refractivity (Wildman–Crippen MR) is 155 cm³/mol. The maximum absolute atomic E-state index is 13.8. The van der Waals surface area contributed by atoms with E-state index in [1.807, 2.05) is 18.2 Å². The summed E-state index contributed by atoms with van der Waals surface area (Å²) in [5.74, 6) is -2.31. The topological polar surface area (TPSA) is 122 Å². The van der Waals surface area contributed by atoms with E-state index in [-0.39, 0.29) is 25.0 Å². The van der Waals surface area contributed by atoms with E-state index in [0.717, 1.165) is 28.2 Å². The van der Waals surface area contributed by atoms with Crippen LogP contribution in [0.5, 0.6) is 0 Å². The molecule has 0 spiro atoms. The highest BCUT2D eigenvalue weighted by molar-refractivity contribution is 6.09. The van der Waals surface area contributed by atoms with Crippen LogP contribution in [-0.2, 0) is 30.5 Å². The quantitative estimate of drug-likeness (QED) is 0.425. The normalized spacial score (nSPS) is 24.0. The molecular weight excluding hydrogens is 538 g/mol. The second kappa shape index (κ2) is 12.9. The Kier molecular flexibility index (Phi) is 9.53. The van der Waals surface area contributed by atoms with Gasteiger partial charge in [-0.3, -0.25) is 14.5 Å². The van der Waals surface area contributed by atoms with Gasteiger partial charge in [-0.15, -0.1) is 0 Å². The first-order chi connectivity index (χ1) is 19.9. The third kappa shape index (κ3) is 7.66. The first-order valence-corrected chi connectivity index (χ1v) is 14.6. The molecule has 4 rings (SSSR count). The van der Waals surface area contributed by atoms with E-state index >= 15 is 0 Å². The third-order valence-electron chi connectivity index (χ3n) is 7.62. The molecule has 1 N–H and O–H groups in total. The minimum atomic E-state index is -1.34. The van der Waals surface area contributed by atoms with E-state index in [2.05, 4.69) is 17.5 Å². The molecule has 2 aliphatic carbocycles. The maximum Gasteiger partial charge on any atom is 0.408 e. The van der Waals surface area contributed by atoms with E-state index in [1.54, 1.807) is 58.9 Å². The zero-order chi connectivity index (χ0) is 30.6. The number of esters is 1. The van der Waals surface area contributed by atoms with E-state index in [1.165, 1.54) is 0 Å². The molecule has 42 heavy (non-hydrogen) atoms. The van der Waals surface area contributed by atoms with Gasteiger partial charge in [0.1, 0.15) is 18.2 Å². The fourth-order valence-electron chi connectivity index (χ4n) is 5.34. The van der Waals surface area contributed by atoms with Gasteiger partial charge in [0.25, 0.3) is 5.91 Å². The van der Waals surface area contributed by atoms with Crippen molar-refractivity contribution >= 4 is 29.9 Å². The van der Waals surface area contributed by atoms with Crippen LogP contribution in [0.25, 0.3) is 0 Å². The van der Waals surface area contributed by atoms with E-state index in [9.17, 15) is 24.0 Å². The molecule has 10 nitrogen and oxygen atoms in total. The number of hydrogen-bond donors (Lipinski definition) is 1. The highest BCUT2D eigenvalue weighted by Crippen LogP contribution is 2.46. The van der Waals surface area contributed by atoms with Crippen molar-refractivity contribution in [3.8, 4) is 0 Å². The number of nitrogens with zero attached hydrogens (tertiary/aromatic N) is 2. The number of urea groups is 1. The standard InChI is InChI=1S/C32H41N3O7/c1-20(2)26(33-30(39)42-32(3,4)5)28(37)35-25(29(38)41-19-22-14-10-7-11-15-22)18-34(31(35)40)27(36)24-17-23(24)16-21-12-8-6-9-13-21/h6-12,14-15,20-21,23-26H,13,16-19H2,1-5H3,(H,33,39). The maximum atomic E-state index is 13.8. The highest BCUT2D eigenvalue weighted by Gasteiger charge is 2.54. The Bertz CT molecular complexity index is 1250. The van der Waals surface area contributed by atoms with Crippen LogP contribution in [0.4, 0.5) is 9.59 Å². The van der Waals surface area contributed by atoms with Gasteiger partial charge in [-0.1, -0.05) is 68.5 Å². The number of carbonyl (C=O) groups excluding carboxylic acids is 5. The van der Waals surface area contributed by atoms with Gasteiger partial charge in [0.15, 0.2) is 6.04 Å². The monoisotopic (exact) mass is 579 g/mol. The first kappa shape index (κ1) is 31.0. The van der Waals surface area contributed by atoms with Crippen LogP contribution in [0.3, 0.4) is 0 Å². The van der Waals surface area contributed by atoms with Crippen molar-refractivity contribution in [3.05, 3.63) is 60.2 Å². The number of allylic oxidation sites excluding steroid dienone is 4. The molecule has 5 unspecified atom stereocenters. The van der Waals surface area contributed by atoms with Crippen molar-refractivity contribution in [3.63, 3.8) is 0 Å². The molecule has 0 radical (unpaired) electrons. The van der Waals surface area contributed by atoms with Crippen molar-refractivity contribution in [1.82, 2.24) is 15.1 Å². The van der Waals surface area contributed by atoms with Crippen molar-refractivity contribution < 1.29 is 33.4 Å².